The van der Waals surface area contributed by atoms with E-state index in [1.165, 1.54) is 150 Å². The zero-order valence-electron chi connectivity index (χ0n) is 27.7. The van der Waals surface area contributed by atoms with Crippen molar-refractivity contribution in [3.8, 4) is 0 Å². The molecule has 0 unspecified atom stereocenters. The summed E-state index contributed by atoms with van der Waals surface area (Å²) in [5.74, 6) is 0. The number of aryl methyl sites for hydroxylation is 1. The molecule has 0 aromatic carbocycles. The highest BCUT2D eigenvalue weighted by molar-refractivity contribution is 8.06. The summed E-state index contributed by atoms with van der Waals surface area (Å²) in [5, 5.41) is 7.34. The first-order valence-electron chi connectivity index (χ1n) is 17.3. The van der Waals surface area contributed by atoms with E-state index in [0.29, 0.717) is 0 Å². The van der Waals surface area contributed by atoms with Crippen molar-refractivity contribution < 1.29 is 28.5 Å². The Kier molecular flexibility index (Phi) is 25.2. The number of hydrogen-bond acceptors (Lipinski definition) is 3. The molecule has 1 aromatic heterocycles. The molecule has 2 nitrogen and oxygen atoms in total. The minimum absolute atomic E-state index is 0. The van der Waals surface area contributed by atoms with E-state index >= 15 is 0 Å². The monoisotopic (exact) mass is 726 g/mol. The van der Waals surface area contributed by atoms with E-state index < -0.39 is 0 Å². The average Bonchev–Trinajstić information content (AvgIpc) is 3.51. The van der Waals surface area contributed by atoms with E-state index in [2.05, 4.69) is 78.3 Å². The minimum Gasteiger partial charge on any atom is -1.00 e. The molecule has 0 aliphatic carbocycles. The third kappa shape index (κ3) is 17.7. The van der Waals surface area contributed by atoms with Gasteiger partial charge in [-0.25, -0.2) is 0 Å². The maximum Gasteiger partial charge on any atom is 0.261 e. The van der Waals surface area contributed by atoms with E-state index in [-0.39, 0.29) is 24.0 Å². The number of nitrogens with zero attached hydrogens (tertiary/aromatic N) is 2. The normalized spacial score (nSPS) is 14.5. The number of halogens is 1. The summed E-state index contributed by atoms with van der Waals surface area (Å²) in [5.41, 5.74) is 2.78. The first-order chi connectivity index (χ1) is 20.2. The summed E-state index contributed by atoms with van der Waals surface area (Å²) in [4.78, 5) is 2.51. The Morgan fingerprint density at radius 2 is 1.19 bits per heavy atom. The molecule has 0 N–H and O–H groups in total. The Bertz CT molecular complexity index is 915. The van der Waals surface area contributed by atoms with E-state index in [1.807, 2.05) is 23.1 Å². The summed E-state index contributed by atoms with van der Waals surface area (Å²) in [6, 6.07) is 0. The van der Waals surface area contributed by atoms with Crippen molar-refractivity contribution in [1.29, 1.82) is 0 Å². The van der Waals surface area contributed by atoms with Crippen molar-refractivity contribution >= 4 is 29.2 Å². The first kappa shape index (κ1) is 39.5. The minimum atomic E-state index is 0. The Morgan fingerprint density at radius 1 is 0.667 bits per heavy atom. The van der Waals surface area contributed by atoms with Gasteiger partial charge in [-0.1, -0.05) is 164 Å². The smallest absolute Gasteiger partial charge is 0.261 e. The highest BCUT2D eigenvalue weighted by atomic mass is 127. The molecule has 0 fully saturated rings. The molecule has 0 radical (unpaired) electrons. The molecule has 5 heteroatoms. The Hall–Kier alpha value is -0.530. The van der Waals surface area contributed by atoms with Crippen molar-refractivity contribution in [2.24, 2.45) is 0 Å². The number of hydrogen-bond donors (Lipinski definition) is 0. The van der Waals surface area contributed by atoms with Crippen LogP contribution < -0.4 is 28.5 Å². The molecule has 0 atom stereocenters. The second-order valence-corrected chi connectivity index (χ2v) is 13.8. The zero-order chi connectivity index (χ0) is 29.4. The first-order valence-corrected chi connectivity index (χ1v) is 19.1. The summed E-state index contributed by atoms with van der Waals surface area (Å²) in [7, 11) is 0. The van der Waals surface area contributed by atoms with Crippen molar-refractivity contribution in [2.45, 2.75) is 163 Å². The van der Waals surface area contributed by atoms with Crippen LogP contribution in [-0.2, 0) is 6.54 Å². The molecule has 2 rings (SSSR count). The Balaban J connectivity index is 0.00000882. The van der Waals surface area contributed by atoms with Crippen LogP contribution in [0.2, 0.25) is 0 Å². The fraction of sp³-hybridized carbons (Fsp3) is 0.703. The molecule has 42 heavy (non-hydrogen) atoms. The maximum absolute atomic E-state index is 2.51. The van der Waals surface area contributed by atoms with E-state index in [9.17, 15) is 0 Å². The van der Waals surface area contributed by atoms with Crippen LogP contribution >= 0.6 is 23.1 Å². The zero-order valence-corrected chi connectivity index (χ0v) is 31.5. The average molecular weight is 727 g/mol. The molecule has 1 aliphatic rings. The van der Waals surface area contributed by atoms with Crippen LogP contribution in [0.4, 0.5) is 0 Å². The fourth-order valence-electron chi connectivity index (χ4n) is 5.58. The van der Waals surface area contributed by atoms with Gasteiger partial charge in [-0.2, -0.15) is 4.57 Å². The molecule has 1 aliphatic heterocycles. The van der Waals surface area contributed by atoms with E-state index in [1.54, 1.807) is 0 Å². The van der Waals surface area contributed by atoms with Crippen molar-refractivity contribution in [1.82, 2.24) is 4.90 Å². The SMILES string of the molecule is CCCCCCCCCCCCN1C(C)=CS/C1=C/C=C/C=C\c1scc(C)[n+]1CCCCCCCCCCCC.[I-]. The fourth-order valence-corrected chi connectivity index (χ4v) is 7.46. The van der Waals surface area contributed by atoms with Crippen LogP contribution in [0.25, 0.3) is 6.08 Å². The summed E-state index contributed by atoms with van der Waals surface area (Å²) in [6.07, 6.45) is 39.1. The molecule has 0 spiro atoms. The van der Waals surface area contributed by atoms with Crippen LogP contribution in [-0.4, -0.2) is 11.4 Å². The van der Waals surface area contributed by atoms with Gasteiger partial charge in [0.25, 0.3) is 5.01 Å². The van der Waals surface area contributed by atoms with E-state index in [0.717, 1.165) is 13.1 Å². The number of allylic oxidation sites excluding steroid dienone is 5. The standard InChI is InChI=1S/C37H63N2S2.HI/c1-5-7-9-11-13-15-17-19-21-26-30-38-34(3)32-40-36(38)28-24-23-25-29-37-39(35(4)33-41-37)31-27-22-20-18-16-14-12-10-8-6-2;/h23-25,28-29,32-33H,5-22,26-27,30-31H2,1-4H3;1H/q+1;/p-1. The maximum atomic E-state index is 2.51. The van der Waals surface area contributed by atoms with Crippen LogP contribution in [0, 0.1) is 6.92 Å². The lowest BCUT2D eigenvalue weighted by Crippen LogP contribution is -3.00. The predicted molar refractivity (Wildman–Crippen MR) is 187 cm³/mol. The van der Waals surface area contributed by atoms with Gasteiger partial charge >= 0.3 is 0 Å². The molecule has 1 aromatic rings. The Labute approximate surface area is 286 Å². The predicted octanol–water partition coefficient (Wildman–Crippen LogP) is 9.51. The molecule has 0 bridgehead atoms. The molecule has 240 valence electrons. The van der Waals surface area contributed by atoms with Crippen molar-refractivity contribution in [2.75, 3.05) is 6.54 Å². The van der Waals surface area contributed by atoms with Crippen LogP contribution in [0.5, 0.6) is 0 Å². The second-order valence-electron chi connectivity index (χ2n) is 12.0. The lowest BCUT2D eigenvalue weighted by atomic mass is 10.1. The third-order valence-corrected chi connectivity index (χ3v) is 10.4. The van der Waals surface area contributed by atoms with Crippen molar-refractivity contribution in [3.63, 3.8) is 0 Å². The molecule has 0 amide bonds. The third-order valence-electron chi connectivity index (χ3n) is 8.25. The number of thiazole rings is 1. The van der Waals surface area contributed by atoms with E-state index in [4.69, 9.17) is 0 Å². The largest absolute Gasteiger partial charge is 1.00 e. The molecule has 2 heterocycles. The number of thioether (sulfide) groups is 1. The topological polar surface area (TPSA) is 7.12 Å². The molecular weight excluding hydrogens is 663 g/mol. The molecule has 0 saturated carbocycles. The summed E-state index contributed by atoms with van der Waals surface area (Å²) in [6.45, 7) is 11.4. The lowest BCUT2D eigenvalue weighted by molar-refractivity contribution is -0.700. The summed E-state index contributed by atoms with van der Waals surface area (Å²) >= 11 is 3.74. The van der Waals surface area contributed by atoms with Gasteiger partial charge in [0.1, 0.15) is 6.54 Å². The Morgan fingerprint density at radius 3 is 1.76 bits per heavy atom. The van der Waals surface area contributed by atoms with Gasteiger partial charge in [0.2, 0.25) is 0 Å². The van der Waals surface area contributed by atoms with Gasteiger partial charge in [-0.3, -0.25) is 0 Å². The van der Waals surface area contributed by atoms with Gasteiger partial charge in [0.15, 0.2) is 5.69 Å². The lowest BCUT2D eigenvalue weighted by Gasteiger charge is -2.21. The highest BCUT2D eigenvalue weighted by Crippen LogP contribution is 2.34. The highest BCUT2D eigenvalue weighted by Gasteiger charge is 2.17. The van der Waals surface area contributed by atoms with Crippen molar-refractivity contribution in [3.05, 3.63) is 56.5 Å². The van der Waals surface area contributed by atoms with Gasteiger partial charge in [0.05, 0.1) is 10.4 Å². The molecular formula is C37H63IN2S2. The summed E-state index contributed by atoms with van der Waals surface area (Å²) < 4.78 is 2.51. The van der Waals surface area contributed by atoms with Crippen LogP contribution in [0.1, 0.15) is 160 Å². The van der Waals surface area contributed by atoms with Gasteiger partial charge < -0.3 is 28.9 Å². The molecule has 0 saturated heterocycles. The number of aromatic nitrogens is 1. The number of rotatable bonds is 25. The van der Waals surface area contributed by atoms with Crippen LogP contribution in [0.3, 0.4) is 0 Å². The van der Waals surface area contributed by atoms with Gasteiger partial charge in [0, 0.05) is 31.7 Å². The van der Waals surface area contributed by atoms with Crippen LogP contribution in [0.15, 0.2) is 45.8 Å². The van der Waals surface area contributed by atoms with Gasteiger partial charge in [-0.15, -0.1) is 0 Å². The van der Waals surface area contributed by atoms with Gasteiger partial charge in [-0.05, 0) is 31.2 Å². The number of unbranched alkanes of at least 4 members (excludes halogenated alkanes) is 18. The quantitative estimate of drug-likeness (QED) is 0.0429. The second kappa shape index (κ2) is 26.8.